The lowest BCUT2D eigenvalue weighted by atomic mass is 9.86. The fraction of sp³-hybridized carbons (Fsp3) is 0.538. The average molecular weight is 928 g/mol. The standard InChI is InChI=1S/C18H23F2NO3.C17H23F2NO.C17H21F2NO/c1-2-24-16(22)12-15(13-6-4-3-5-7-13)21-17(23)14-8-10-18(19,20)11-9-14;2*1-2-6-15(13-7-4-3-5-8-13)20-16(21)14-9-11-17(18,19)12-10-14/h3-7,14-15H,2,8-12H2,1H3,(H,21,23);3-5,7-8,14-15H,2,6,9-12H2,1H3,(H,20,21);2-5,7-8,14-15H,1,6,9-12H2,(H,20,21). The Bertz CT molecular complexity index is 1930. The van der Waals surface area contributed by atoms with Crippen molar-refractivity contribution in [1.82, 2.24) is 16.0 Å². The molecule has 3 atom stereocenters. The Balaban J connectivity index is 0.000000217. The molecule has 3 fully saturated rings. The summed E-state index contributed by atoms with van der Waals surface area (Å²) in [4.78, 5) is 48.8. The van der Waals surface area contributed by atoms with E-state index in [1.807, 2.05) is 91.0 Å². The van der Waals surface area contributed by atoms with Crippen LogP contribution in [0.25, 0.3) is 0 Å². The van der Waals surface area contributed by atoms with E-state index in [-0.39, 0.29) is 132 Å². The smallest absolute Gasteiger partial charge is 0.308 e. The maximum atomic E-state index is 13.2. The molecule has 3 aliphatic carbocycles. The Labute approximate surface area is 386 Å². The second kappa shape index (κ2) is 26.3. The zero-order valence-electron chi connectivity index (χ0n) is 38.2. The summed E-state index contributed by atoms with van der Waals surface area (Å²) in [6, 6.07) is 27.9. The van der Waals surface area contributed by atoms with Crippen molar-refractivity contribution in [2.45, 2.75) is 152 Å². The van der Waals surface area contributed by atoms with Gasteiger partial charge in [0.1, 0.15) is 0 Å². The van der Waals surface area contributed by atoms with E-state index in [4.69, 9.17) is 4.74 Å². The Kier molecular flexibility index (Phi) is 21.3. The lowest BCUT2D eigenvalue weighted by Crippen LogP contribution is -2.38. The first-order valence-corrected chi connectivity index (χ1v) is 23.4. The largest absolute Gasteiger partial charge is 0.466 e. The van der Waals surface area contributed by atoms with Crippen LogP contribution in [0.3, 0.4) is 0 Å². The van der Waals surface area contributed by atoms with E-state index in [0.29, 0.717) is 6.42 Å². The van der Waals surface area contributed by atoms with Gasteiger partial charge < -0.3 is 20.7 Å². The quantitative estimate of drug-likeness (QED) is 0.0752. The van der Waals surface area contributed by atoms with Gasteiger partial charge in [0.2, 0.25) is 35.5 Å². The number of carbonyl (C=O) groups is 4. The maximum absolute atomic E-state index is 13.2. The summed E-state index contributed by atoms with van der Waals surface area (Å²) in [6.45, 7) is 7.78. The molecule has 8 nitrogen and oxygen atoms in total. The molecule has 66 heavy (non-hydrogen) atoms. The van der Waals surface area contributed by atoms with Gasteiger partial charge in [0.15, 0.2) is 0 Å². The van der Waals surface area contributed by atoms with Crippen LogP contribution >= 0.6 is 0 Å². The van der Waals surface area contributed by atoms with Crippen molar-refractivity contribution in [3.63, 3.8) is 0 Å². The first-order valence-electron chi connectivity index (χ1n) is 23.4. The van der Waals surface area contributed by atoms with Crippen LogP contribution in [0, 0.1) is 17.8 Å². The minimum atomic E-state index is -2.67. The molecule has 0 aliphatic heterocycles. The normalized spacial score (nSPS) is 19.4. The van der Waals surface area contributed by atoms with Crippen LogP contribution in [-0.4, -0.2) is 48.1 Å². The molecule has 3 N–H and O–H groups in total. The summed E-state index contributed by atoms with van der Waals surface area (Å²) < 4.78 is 84.0. The number of hydrogen-bond donors (Lipinski definition) is 3. The molecule has 3 amide bonds. The summed E-state index contributed by atoms with van der Waals surface area (Å²) in [5.41, 5.74) is 2.88. The summed E-state index contributed by atoms with van der Waals surface area (Å²) >= 11 is 0. The molecular formula is C52H67F6N3O5. The van der Waals surface area contributed by atoms with Crippen molar-refractivity contribution >= 4 is 23.7 Å². The molecule has 3 saturated carbocycles. The topological polar surface area (TPSA) is 114 Å². The molecule has 362 valence electrons. The molecular weight excluding hydrogens is 861 g/mol. The zero-order chi connectivity index (χ0) is 48.2. The minimum absolute atomic E-state index is 0.0203. The summed E-state index contributed by atoms with van der Waals surface area (Å²) in [5, 5.41) is 8.86. The Morgan fingerprint density at radius 3 is 1.21 bits per heavy atom. The number of benzene rings is 3. The maximum Gasteiger partial charge on any atom is 0.308 e. The van der Waals surface area contributed by atoms with Gasteiger partial charge in [-0.1, -0.05) is 110 Å². The molecule has 0 heterocycles. The second-order valence-electron chi connectivity index (χ2n) is 17.6. The lowest BCUT2D eigenvalue weighted by Gasteiger charge is -2.29. The first-order chi connectivity index (χ1) is 31.4. The molecule has 0 bridgehead atoms. The van der Waals surface area contributed by atoms with Crippen molar-refractivity contribution in [2.75, 3.05) is 6.61 Å². The number of amides is 3. The van der Waals surface area contributed by atoms with E-state index >= 15 is 0 Å². The van der Waals surface area contributed by atoms with E-state index < -0.39 is 35.7 Å². The monoisotopic (exact) mass is 927 g/mol. The first kappa shape index (κ1) is 53.5. The molecule has 6 rings (SSSR count). The number of carbonyl (C=O) groups excluding carboxylic acids is 4. The molecule has 3 aromatic rings. The van der Waals surface area contributed by atoms with Crippen LogP contribution in [0.4, 0.5) is 26.3 Å². The third-order valence-corrected chi connectivity index (χ3v) is 12.5. The number of halogens is 6. The number of esters is 1. The lowest BCUT2D eigenvalue weighted by molar-refractivity contribution is -0.144. The van der Waals surface area contributed by atoms with E-state index in [1.54, 1.807) is 13.0 Å². The van der Waals surface area contributed by atoms with Crippen LogP contribution in [0.5, 0.6) is 0 Å². The van der Waals surface area contributed by atoms with Gasteiger partial charge in [0.25, 0.3) is 0 Å². The zero-order valence-corrected chi connectivity index (χ0v) is 38.2. The third-order valence-electron chi connectivity index (χ3n) is 12.5. The van der Waals surface area contributed by atoms with E-state index in [1.165, 1.54) is 0 Å². The highest BCUT2D eigenvalue weighted by molar-refractivity contribution is 5.81. The highest BCUT2D eigenvalue weighted by Crippen LogP contribution is 2.39. The molecule has 0 aromatic heterocycles. The minimum Gasteiger partial charge on any atom is -0.466 e. The summed E-state index contributed by atoms with van der Waals surface area (Å²) in [5.74, 6) is -9.73. The molecule has 14 heteroatoms. The number of nitrogens with one attached hydrogen (secondary N) is 3. The second-order valence-corrected chi connectivity index (χ2v) is 17.6. The average Bonchev–Trinajstić information content (AvgIpc) is 3.29. The number of hydrogen-bond acceptors (Lipinski definition) is 5. The molecule has 3 aliphatic rings. The van der Waals surface area contributed by atoms with Gasteiger partial charge in [-0.2, -0.15) is 0 Å². The Morgan fingerprint density at radius 2 is 0.879 bits per heavy atom. The number of rotatable bonds is 16. The number of alkyl halides is 6. The predicted molar refractivity (Wildman–Crippen MR) is 244 cm³/mol. The van der Waals surface area contributed by atoms with Crippen LogP contribution < -0.4 is 16.0 Å². The molecule has 0 spiro atoms. The van der Waals surface area contributed by atoms with Crippen molar-refractivity contribution in [3.05, 3.63) is 120 Å². The van der Waals surface area contributed by atoms with Crippen molar-refractivity contribution in [3.8, 4) is 0 Å². The fourth-order valence-electron chi connectivity index (χ4n) is 8.53. The van der Waals surface area contributed by atoms with Crippen LogP contribution in [-0.2, 0) is 23.9 Å². The molecule has 0 radical (unpaired) electrons. The van der Waals surface area contributed by atoms with E-state index in [9.17, 15) is 45.5 Å². The van der Waals surface area contributed by atoms with Crippen molar-refractivity contribution in [1.29, 1.82) is 0 Å². The number of ether oxygens (including phenoxy) is 1. The van der Waals surface area contributed by atoms with Crippen LogP contribution in [0.1, 0.15) is 151 Å². The van der Waals surface area contributed by atoms with Crippen molar-refractivity contribution < 1.29 is 50.3 Å². The van der Waals surface area contributed by atoms with Gasteiger partial charge in [-0.05, 0) is 75.0 Å². The Hall–Kier alpha value is -5.14. The van der Waals surface area contributed by atoms with Gasteiger partial charge in [0.05, 0.1) is 31.2 Å². The molecule has 0 saturated heterocycles. The SMILES string of the molecule is C=CCC(NC(=O)C1CCC(F)(F)CC1)c1ccccc1.CCCC(NC(=O)C1CCC(F)(F)CC1)c1ccccc1.CCOC(=O)CC(NC(=O)C1CCC(F)(F)CC1)c1ccccc1. The summed E-state index contributed by atoms with van der Waals surface area (Å²) in [7, 11) is 0. The van der Waals surface area contributed by atoms with Crippen molar-refractivity contribution in [2.24, 2.45) is 17.8 Å². The van der Waals surface area contributed by atoms with Crippen LogP contribution in [0.2, 0.25) is 0 Å². The van der Waals surface area contributed by atoms with E-state index in [2.05, 4.69) is 29.5 Å². The van der Waals surface area contributed by atoms with E-state index in [0.717, 1.165) is 29.5 Å². The molecule has 3 unspecified atom stereocenters. The van der Waals surface area contributed by atoms with Gasteiger partial charge in [0, 0.05) is 56.3 Å². The fourth-order valence-corrected chi connectivity index (χ4v) is 8.53. The van der Waals surface area contributed by atoms with Gasteiger partial charge in [-0.15, -0.1) is 6.58 Å². The highest BCUT2D eigenvalue weighted by atomic mass is 19.3. The predicted octanol–water partition coefficient (Wildman–Crippen LogP) is 12.3. The van der Waals surface area contributed by atoms with Gasteiger partial charge in [-0.3, -0.25) is 19.2 Å². The van der Waals surface area contributed by atoms with Crippen LogP contribution in [0.15, 0.2) is 104 Å². The Morgan fingerprint density at radius 1 is 0.561 bits per heavy atom. The summed E-state index contributed by atoms with van der Waals surface area (Å²) in [6.07, 6.45) is 4.38. The third kappa shape index (κ3) is 18.3. The van der Waals surface area contributed by atoms with Gasteiger partial charge in [-0.25, -0.2) is 26.3 Å². The highest BCUT2D eigenvalue weighted by Gasteiger charge is 2.40. The van der Waals surface area contributed by atoms with Gasteiger partial charge >= 0.3 is 5.97 Å². The molecule has 3 aromatic carbocycles.